The van der Waals surface area contributed by atoms with Gasteiger partial charge in [0.2, 0.25) is 11.7 Å². The van der Waals surface area contributed by atoms with Gasteiger partial charge < -0.3 is 5.32 Å². The van der Waals surface area contributed by atoms with Crippen molar-refractivity contribution in [1.82, 2.24) is 24.3 Å². The minimum absolute atomic E-state index is 0.542. The van der Waals surface area contributed by atoms with Crippen LogP contribution in [-0.4, -0.2) is 24.3 Å². The maximum Gasteiger partial charge on any atom is 0.234 e. The molecular formula is C18H15BrN6. The normalized spacial score (nSPS) is 11.0. The zero-order valence-corrected chi connectivity index (χ0v) is 15.1. The molecule has 0 saturated carbocycles. The first kappa shape index (κ1) is 15.7. The van der Waals surface area contributed by atoms with E-state index in [1.54, 1.807) is 12.4 Å². The molecule has 0 unspecified atom stereocenters. The molecule has 3 aromatic heterocycles. The molecule has 4 rings (SSSR count). The van der Waals surface area contributed by atoms with Gasteiger partial charge in [0.25, 0.3) is 0 Å². The Kier molecular flexibility index (Phi) is 4.15. The number of aromatic nitrogens is 5. The van der Waals surface area contributed by atoms with Gasteiger partial charge in [0.05, 0.1) is 17.1 Å². The topological polar surface area (TPSA) is 68.0 Å². The summed E-state index contributed by atoms with van der Waals surface area (Å²) in [4.78, 5) is 17.9. The van der Waals surface area contributed by atoms with Crippen LogP contribution in [0.5, 0.6) is 0 Å². The second-order valence-electron chi connectivity index (χ2n) is 5.45. The summed E-state index contributed by atoms with van der Waals surface area (Å²) in [5.41, 5.74) is 3.65. The van der Waals surface area contributed by atoms with Gasteiger partial charge in [0, 0.05) is 28.8 Å². The lowest BCUT2D eigenvalue weighted by Crippen LogP contribution is -2.00. The van der Waals surface area contributed by atoms with E-state index in [1.165, 1.54) is 0 Å². The number of aryl methyl sites for hydroxylation is 1. The van der Waals surface area contributed by atoms with Gasteiger partial charge in [-0.25, -0.2) is 19.9 Å². The molecule has 0 amide bonds. The maximum absolute atomic E-state index is 4.67. The van der Waals surface area contributed by atoms with E-state index in [-0.39, 0.29) is 0 Å². The molecule has 0 aliphatic rings. The SMILES string of the molecule is CCc1nc2ncccn2c1-c1ccnc(Nc2ccc(Br)cc2)n1. The molecule has 0 radical (unpaired) electrons. The lowest BCUT2D eigenvalue weighted by molar-refractivity contribution is 1.06. The third kappa shape index (κ3) is 3.10. The van der Waals surface area contributed by atoms with Crippen molar-refractivity contribution >= 4 is 33.3 Å². The van der Waals surface area contributed by atoms with Crippen molar-refractivity contribution in [3.05, 3.63) is 65.2 Å². The number of hydrogen-bond acceptors (Lipinski definition) is 5. The van der Waals surface area contributed by atoms with Crippen LogP contribution < -0.4 is 5.32 Å². The number of benzene rings is 1. The van der Waals surface area contributed by atoms with Gasteiger partial charge in [-0.05, 0) is 42.8 Å². The second kappa shape index (κ2) is 6.60. The van der Waals surface area contributed by atoms with Crippen molar-refractivity contribution in [2.75, 3.05) is 5.32 Å². The van der Waals surface area contributed by atoms with E-state index in [9.17, 15) is 0 Å². The highest BCUT2D eigenvalue weighted by Gasteiger charge is 2.15. The minimum atomic E-state index is 0.542. The molecule has 0 saturated heterocycles. The first-order valence-corrected chi connectivity index (χ1v) is 8.72. The third-order valence-electron chi connectivity index (χ3n) is 3.81. The van der Waals surface area contributed by atoms with Crippen LogP contribution in [0.15, 0.2) is 59.5 Å². The molecule has 0 aliphatic heterocycles. The van der Waals surface area contributed by atoms with Gasteiger partial charge in [-0.1, -0.05) is 22.9 Å². The average Bonchev–Trinajstić information content (AvgIpc) is 3.02. The smallest absolute Gasteiger partial charge is 0.234 e. The summed E-state index contributed by atoms with van der Waals surface area (Å²) in [5.74, 6) is 1.22. The van der Waals surface area contributed by atoms with E-state index in [4.69, 9.17) is 0 Å². The second-order valence-corrected chi connectivity index (χ2v) is 6.36. The van der Waals surface area contributed by atoms with Crippen molar-refractivity contribution < 1.29 is 0 Å². The number of imidazole rings is 1. The molecule has 25 heavy (non-hydrogen) atoms. The molecule has 3 heterocycles. The Morgan fingerprint density at radius 3 is 2.68 bits per heavy atom. The number of fused-ring (bicyclic) bond motifs is 1. The van der Waals surface area contributed by atoms with Gasteiger partial charge in [0.15, 0.2) is 0 Å². The highest BCUT2D eigenvalue weighted by atomic mass is 79.9. The van der Waals surface area contributed by atoms with Crippen molar-refractivity contribution in [1.29, 1.82) is 0 Å². The summed E-state index contributed by atoms with van der Waals surface area (Å²) < 4.78 is 2.99. The molecule has 7 heteroatoms. The zero-order valence-electron chi connectivity index (χ0n) is 13.5. The fourth-order valence-corrected chi connectivity index (χ4v) is 2.93. The average molecular weight is 395 g/mol. The van der Waals surface area contributed by atoms with E-state index in [1.807, 2.05) is 47.0 Å². The molecule has 1 aromatic carbocycles. The molecule has 0 spiro atoms. The van der Waals surface area contributed by atoms with Crippen LogP contribution in [-0.2, 0) is 6.42 Å². The summed E-state index contributed by atoms with van der Waals surface area (Å²) in [6.45, 7) is 2.08. The van der Waals surface area contributed by atoms with E-state index in [0.717, 1.165) is 33.7 Å². The number of nitrogens with zero attached hydrogens (tertiary/aromatic N) is 5. The Bertz CT molecular complexity index is 1030. The van der Waals surface area contributed by atoms with Gasteiger partial charge in [-0.15, -0.1) is 0 Å². The van der Waals surface area contributed by atoms with Gasteiger partial charge in [0.1, 0.15) is 0 Å². The van der Waals surface area contributed by atoms with Gasteiger partial charge in [-0.2, -0.15) is 0 Å². The quantitative estimate of drug-likeness (QED) is 0.560. The first-order chi connectivity index (χ1) is 12.2. The van der Waals surface area contributed by atoms with Crippen LogP contribution in [0.1, 0.15) is 12.6 Å². The minimum Gasteiger partial charge on any atom is -0.324 e. The first-order valence-electron chi connectivity index (χ1n) is 7.92. The van der Waals surface area contributed by atoms with Crippen LogP contribution >= 0.6 is 15.9 Å². The van der Waals surface area contributed by atoms with E-state index < -0.39 is 0 Å². The van der Waals surface area contributed by atoms with Crippen molar-refractivity contribution in [3.63, 3.8) is 0 Å². The van der Waals surface area contributed by atoms with E-state index >= 15 is 0 Å². The molecule has 6 nitrogen and oxygen atoms in total. The predicted octanol–water partition coefficient (Wildman–Crippen LogP) is 4.25. The molecular weight excluding hydrogens is 380 g/mol. The summed E-state index contributed by atoms with van der Waals surface area (Å²) in [6.07, 6.45) is 6.25. The van der Waals surface area contributed by atoms with Crippen LogP contribution in [0.25, 0.3) is 17.2 Å². The highest BCUT2D eigenvalue weighted by molar-refractivity contribution is 9.10. The summed E-state index contributed by atoms with van der Waals surface area (Å²) >= 11 is 3.43. The third-order valence-corrected chi connectivity index (χ3v) is 4.34. The number of anilines is 2. The van der Waals surface area contributed by atoms with Crippen LogP contribution in [0.3, 0.4) is 0 Å². The largest absolute Gasteiger partial charge is 0.324 e. The summed E-state index contributed by atoms with van der Waals surface area (Å²) in [6, 6.07) is 11.7. The van der Waals surface area contributed by atoms with Crippen LogP contribution in [0.4, 0.5) is 11.6 Å². The monoisotopic (exact) mass is 394 g/mol. The Labute approximate surface area is 153 Å². The molecule has 124 valence electrons. The molecule has 0 atom stereocenters. The highest BCUT2D eigenvalue weighted by Crippen LogP contribution is 2.25. The standard InChI is InChI=1S/C18H15BrN6/c1-2-14-16(25-11-3-9-21-18(25)24-14)15-8-10-20-17(23-15)22-13-6-4-12(19)5-7-13/h3-11H,2H2,1H3,(H,20,22,23). The lowest BCUT2D eigenvalue weighted by atomic mass is 10.2. The van der Waals surface area contributed by atoms with Crippen molar-refractivity contribution in [3.8, 4) is 11.4 Å². The zero-order chi connectivity index (χ0) is 17.2. The van der Waals surface area contributed by atoms with E-state index in [2.05, 4.69) is 48.1 Å². The fourth-order valence-electron chi connectivity index (χ4n) is 2.66. The summed E-state index contributed by atoms with van der Waals surface area (Å²) in [7, 11) is 0. The molecule has 0 fully saturated rings. The van der Waals surface area contributed by atoms with Crippen LogP contribution in [0, 0.1) is 0 Å². The number of nitrogens with one attached hydrogen (secondary N) is 1. The Hall–Kier alpha value is -2.80. The molecule has 0 bridgehead atoms. The van der Waals surface area contributed by atoms with Gasteiger partial charge in [-0.3, -0.25) is 4.40 Å². The van der Waals surface area contributed by atoms with E-state index in [0.29, 0.717) is 11.7 Å². The number of rotatable bonds is 4. The predicted molar refractivity (Wildman–Crippen MR) is 101 cm³/mol. The fraction of sp³-hybridized carbons (Fsp3) is 0.111. The van der Waals surface area contributed by atoms with Crippen LogP contribution in [0.2, 0.25) is 0 Å². The summed E-state index contributed by atoms with van der Waals surface area (Å²) in [5, 5.41) is 3.23. The number of hydrogen-bond donors (Lipinski definition) is 1. The Balaban J connectivity index is 1.76. The molecule has 0 aliphatic carbocycles. The maximum atomic E-state index is 4.67. The van der Waals surface area contributed by atoms with Crippen molar-refractivity contribution in [2.45, 2.75) is 13.3 Å². The van der Waals surface area contributed by atoms with Crippen molar-refractivity contribution in [2.24, 2.45) is 0 Å². The Morgan fingerprint density at radius 1 is 1.04 bits per heavy atom. The lowest BCUT2D eigenvalue weighted by Gasteiger charge is -2.07. The molecule has 1 N–H and O–H groups in total. The van der Waals surface area contributed by atoms with Gasteiger partial charge >= 0.3 is 0 Å². The molecule has 4 aromatic rings. The Morgan fingerprint density at radius 2 is 1.88 bits per heavy atom. The number of halogens is 1.